The van der Waals surface area contributed by atoms with Gasteiger partial charge >= 0.3 is 0 Å². The molecule has 0 bridgehead atoms. The summed E-state index contributed by atoms with van der Waals surface area (Å²) in [5, 5.41) is 0. The summed E-state index contributed by atoms with van der Waals surface area (Å²) in [5.41, 5.74) is 0. The molecule has 0 radical (unpaired) electrons. The lowest BCUT2D eigenvalue weighted by Crippen LogP contribution is -2.10. The second-order valence-corrected chi connectivity index (χ2v) is 5.34. The molecule has 10 heavy (non-hydrogen) atoms. The van der Waals surface area contributed by atoms with Crippen molar-refractivity contribution in [2.45, 2.75) is 18.9 Å². The highest BCUT2D eigenvalue weighted by Gasteiger charge is 2.22. The maximum absolute atomic E-state index is 10.8. The van der Waals surface area contributed by atoms with E-state index in [9.17, 15) is 4.57 Å². The Morgan fingerprint density at radius 3 is 2.90 bits per heavy atom. The first-order valence-electron chi connectivity index (χ1n) is 3.49. The quantitative estimate of drug-likeness (QED) is 0.621. The van der Waals surface area contributed by atoms with Crippen molar-refractivity contribution in [1.82, 2.24) is 0 Å². The Morgan fingerprint density at radius 2 is 2.50 bits per heavy atom. The van der Waals surface area contributed by atoms with Gasteiger partial charge in [0.05, 0.1) is 12.3 Å². The fourth-order valence-electron chi connectivity index (χ4n) is 1.17. The van der Waals surface area contributed by atoms with Crippen LogP contribution >= 0.6 is 7.37 Å². The lowest BCUT2D eigenvalue weighted by molar-refractivity contribution is 0.126. The van der Waals surface area contributed by atoms with Gasteiger partial charge in [0.15, 0.2) is 7.37 Å². The first-order valence-corrected chi connectivity index (χ1v) is 5.78. The predicted molar refractivity (Wildman–Crippen MR) is 39.6 cm³/mol. The molecule has 1 heterocycles. The summed E-state index contributed by atoms with van der Waals surface area (Å²) in [4.78, 5) is 8.95. The Labute approximate surface area is 60.8 Å². The molecule has 4 heteroatoms. The number of ether oxygens (including phenoxy) is 1. The van der Waals surface area contributed by atoms with Crippen LogP contribution in [0, 0.1) is 0 Å². The molecule has 0 aromatic carbocycles. The molecule has 2 unspecified atom stereocenters. The Kier molecular flexibility index (Phi) is 2.50. The summed E-state index contributed by atoms with van der Waals surface area (Å²) in [7, 11) is -2.84. The molecule has 1 rings (SSSR count). The smallest absolute Gasteiger partial charge is 0.200 e. The molecule has 2 atom stereocenters. The standard InChI is InChI=1S/C6H13O3P/c1-10(7,8)5-6-3-2-4-9-6/h6H,2-5H2,1H3,(H,7,8). The molecular weight excluding hydrogens is 151 g/mol. The summed E-state index contributed by atoms with van der Waals surface area (Å²) < 4.78 is 16.0. The third-order valence-electron chi connectivity index (χ3n) is 1.57. The normalized spacial score (nSPS) is 32.0. The molecule has 1 saturated heterocycles. The second kappa shape index (κ2) is 3.04. The predicted octanol–water partition coefficient (Wildman–Crippen LogP) is 1.07. The number of rotatable bonds is 2. The van der Waals surface area contributed by atoms with E-state index in [1.807, 2.05) is 0 Å². The van der Waals surface area contributed by atoms with Crippen LogP contribution in [0.15, 0.2) is 0 Å². The molecule has 1 fully saturated rings. The van der Waals surface area contributed by atoms with Gasteiger partial charge in [0.1, 0.15) is 0 Å². The molecule has 1 aliphatic rings. The number of hydrogen-bond donors (Lipinski definition) is 1. The molecule has 0 spiro atoms. The van der Waals surface area contributed by atoms with Crippen molar-refractivity contribution < 1.29 is 14.2 Å². The highest BCUT2D eigenvalue weighted by Crippen LogP contribution is 2.38. The van der Waals surface area contributed by atoms with Crippen LogP contribution in [0.3, 0.4) is 0 Å². The van der Waals surface area contributed by atoms with Crippen molar-refractivity contribution in [1.29, 1.82) is 0 Å². The zero-order valence-corrected chi connectivity index (χ0v) is 7.01. The van der Waals surface area contributed by atoms with Crippen molar-refractivity contribution in [3.63, 3.8) is 0 Å². The topological polar surface area (TPSA) is 46.5 Å². The maximum Gasteiger partial charge on any atom is 0.200 e. The van der Waals surface area contributed by atoms with Crippen LogP contribution in [0.5, 0.6) is 0 Å². The molecule has 0 amide bonds. The molecular formula is C6H13O3P. The molecule has 60 valence electrons. The van der Waals surface area contributed by atoms with E-state index >= 15 is 0 Å². The summed E-state index contributed by atoms with van der Waals surface area (Å²) >= 11 is 0. The average molecular weight is 164 g/mol. The van der Waals surface area contributed by atoms with Crippen LogP contribution in [-0.4, -0.2) is 30.4 Å². The van der Waals surface area contributed by atoms with Gasteiger partial charge in [-0.1, -0.05) is 0 Å². The Balaban J connectivity index is 2.31. The minimum absolute atomic E-state index is 0.0424. The second-order valence-electron chi connectivity index (χ2n) is 2.87. The van der Waals surface area contributed by atoms with Crippen molar-refractivity contribution in [2.24, 2.45) is 0 Å². The fraction of sp³-hybridized carbons (Fsp3) is 1.00. The highest BCUT2D eigenvalue weighted by atomic mass is 31.2. The summed E-state index contributed by atoms with van der Waals surface area (Å²) in [6, 6.07) is 0. The van der Waals surface area contributed by atoms with Crippen molar-refractivity contribution in [2.75, 3.05) is 19.4 Å². The van der Waals surface area contributed by atoms with Crippen LogP contribution in [0.1, 0.15) is 12.8 Å². The van der Waals surface area contributed by atoms with E-state index in [2.05, 4.69) is 0 Å². The first kappa shape index (κ1) is 8.25. The molecule has 3 nitrogen and oxygen atoms in total. The van der Waals surface area contributed by atoms with Gasteiger partial charge < -0.3 is 9.63 Å². The van der Waals surface area contributed by atoms with Crippen LogP contribution in [0.4, 0.5) is 0 Å². The molecule has 1 N–H and O–H groups in total. The van der Waals surface area contributed by atoms with Crippen LogP contribution < -0.4 is 0 Å². The van der Waals surface area contributed by atoms with E-state index in [1.165, 1.54) is 6.66 Å². The van der Waals surface area contributed by atoms with Crippen molar-refractivity contribution in [3.05, 3.63) is 0 Å². The summed E-state index contributed by atoms with van der Waals surface area (Å²) in [6.45, 7) is 2.14. The van der Waals surface area contributed by atoms with Crippen molar-refractivity contribution in [3.8, 4) is 0 Å². The zero-order valence-electron chi connectivity index (χ0n) is 6.12. The third-order valence-corrected chi connectivity index (χ3v) is 2.65. The van der Waals surface area contributed by atoms with Crippen LogP contribution in [0.25, 0.3) is 0 Å². The molecule has 0 saturated carbocycles. The summed E-state index contributed by atoms with van der Waals surface area (Å²) in [5.74, 6) is 0. The first-order chi connectivity index (χ1) is 4.58. The maximum atomic E-state index is 10.8. The molecule has 0 aromatic heterocycles. The van der Waals surface area contributed by atoms with Gasteiger partial charge in [-0.25, -0.2) is 0 Å². The van der Waals surface area contributed by atoms with E-state index in [0.29, 0.717) is 6.16 Å². The van der Waals surface area contributed by atoms with Gasteiger partial charge in [0.25, 0.3) is 0 Å². The average Bonchev–Trinajstić information content (AvgIpc) is 2.12. The van der Waals surface area contributed by atoms with Gasteiger partial charge in [0, 0.05) is 13.3 Å². The molecule has 0 aromatic rings. The van der Waals surface area contributed by atoms with Gasteiger partial charge in [-0.15, -0.1) is 0 Å². The van der Waals surface area contributed by atoms with E-state index in [4.69, 9.17) is 9.63 Å². The monoisotopic (exact) mass is 164 g/mol. The lowest BCUT2D eigenvalue weighted by atomic mass is 10.3. The largest absolute Gasteiger partial charge is 0.378 e. The minimum Gasteiger partial charge on any atom is -0.378 e. The highest BCUT2D eigenvalue weighted by molar-refractivity contribution is 7.57. The van der Waals surface area contributed by atoms with Gasteiger partial charge in [-0.05, 0) is 12.8 Å². The van der Waals surface area contributed by atoms with E-state index in [1.54, 1.807) is 0 Å². The van der Waals surface area contributed by atoms with E-state index in [-0.39, 0.29) is 6.10 Å². The van der Waals surface area contributed by atoms with Crippen LogP contribution in [-0.2, 0) is 9.30 Å². The van der Waals surface area contributed by atoms with Gasteiger partial charge in [-0.2, -0.15) is 0 Å². The molecule has 0 aliphatic carbocycles. The fourth-order valence-corrected chi connectivity index (χ4v) is 2.21. The molecule has 1 aliphatic heterocycles. The van der Waals surface area contributed by atoms with E-state index in [0.717, 1.165) is 19.4 Å². The Morgan fingerprint density at radius 1 is 1.80 bits per heavy atom. The lowest BCUT2D eigenvalue weighted by Gasteiger charge is -2.10. The minimum atomic E-state index is -2.84. The van der Waals surface area contributed by atoms with Gasteiger partial charge in [0.2, 0.25) is 0 Å². The van der Waals surface area contributed by atoms with Crippen molar-refractivity contribution >= 4 is 7.37 Å². The third kappa shape index (κ3) is 2.82. The SMILES string of the molecule is CP(=O)(O)CC1CCCO1. The Hall–Kier alpha value is 0.150. The number of hydrogen-bond acceptors (Lipinski definition) is 2. The van der Waals surface area contributed by atoms with E-state index < -0.39 is 7.37 Å². The van der Waals surface area contributed by atoms with Gasteiger partial charge in [-0.3, -0.25) is 4.57 Å². The zero-order chi connectivity index (χ0) is 7.61. The summed E-state index contributed by atoms with van der Waals surface area (Å²) in [6.07, 6.45) is 2.34. The van der Waals surface area contributed by atoms with Crippen LogP contribution in [0.2, 0.25) is 0 Å². The Bertz CT molecular complexity index is 145.